The van der Waals surface area contributed by atoms with Gasteiger partial charge in [-0.2, -0.15) is 4.98 Å². The number of anilines is 4. The summed E-state index contributed by atoms with van der Waals surface area (Å²) in [6.45, 7) is 2.04. The minimum Gasteiger partial charge on any atom is -0.359 e. The number of amides is 1. The zero-order valence-electron chi connectivity index (χ0n) is 17.0. The van der Waals surface area contributed by atoms with Gasteiger partial charge < -0.3 is 20.9 Å². The second-order valence-corrected chi connectivity index (χ2v) is 7.14. The van der Waals surface area contributed by atoms with Gasteiger partial charge in [0, 0.05) is 47.6 Å². The molecule has 0 aliphatic carbocycles. The Morgan fingerprint density at radius 2 is 1.90 bits per heavy atom. The van der Waals surface area contributed by atoms with E-state index in [0.29, 0.717) is 24.6 Å². The lowest BCUT2D eigenvalue weighted by Gasteiger charge is -2.10. The van der Waals surface area contributed by atoms with E-state index >= 15 is 0 Å². The van der Waals surface area contributed by atoms with E-state index in [4.69, 9.17) is 0 Å². The molecular weight excluding hydrogens is 376 g/mol. The lowest BCUT2D eigenvalue weighted by atomic mass is 10.1. The maximum Gasteiger partial charge on any atom is 0.229 e. The highest BCUT2D eigenvalue weighted by atomic mass is 16.1. The number of aromatic amines is 1. The van der Waals surface area contributed by atoms with Crippen molar-refractivity contribution >= 4 is 40.0 Å². The van der Waals surface area contributed by atoms with Crippen LogP contribution in [-0.4, -0.2) is 27.9 Å². The first-order chi connectivity index (χ1) is 14.6. The highest BCUT2D eigenvalue weighted by Crippen LogP contribution is 2.23. The molecule has 2 aromatic carbocycles. The first-order valence-corrected chi connectivity index (χ1v) is 9.85. The number of rotatable bonds is 7. The topological polar surface area (TPSA) is 94.7 Å². The zero-order valence-corrected chi connectivity index (χ0v) is 17.0. The van der Waals surface area contributed by atoms with Crippen LogP contribution in [0.3, 0.4) is 0 Å². The zero-order chi connectivity index (χ0) is 20.9. The second kappa shape index (κ2) is 8.65. The molecule has 0 saturated heterocycles. The van der Waals surface area contributed by atoms with Gasteiger partial charge >= 0.3 is 0 Å². The Kier molecular flexibility index (Phi) is 5.61. The number of H-pyrrole nitrogens is 1. The Bertz CT molecular complexity index is 1180. The Morgan fingerprint density at radius 3 is 2.77 bits per heavy atom. The van der Waals surface area contributed by atoms with Crippen molar-refractivity contribution in [2.75, 3.05) is 17.7 Å². The van der Waals surface area contributed by atoms with Crippen LogP contribution in [0.25, 0.3) is 10.9 Å². The van der Waals surface area contributed by atoms with Crippen LogP contribution in [0.5, 0.6) is 0 Å². The van der Waals surface area contributed by atoms with Crippen molar-refractivity contribution in [1.29, 1.82) is 0 Å². The van der Waals surface area contributed by atoms with E-state index in [-0.39, 0.29) is 5.91 Å². The molecular formula is C23H24N6O. The van der Waals surface area contributed by atoms with Crippen molar-refractivity contribution in [3.8, 4) is 0 Å². The molecule has 0 atom stereocenters. The Morgan fingerprint density at radius 1 is 1.03 bits per heavy atom. The molecule has 4 rings (SSSR count). The molecule has 152 valence electrons. The minimum absolute atomic E-state index is 0.0310. The maximum absolute atomic E-state index is 11.5. The molecule has 0 aliphatic rings. The van der Waals surface area contributed by atoms with Gasteiger partial charge in [-0.15, -0.1) is 0 Å². The first-order valence-electron chi connectivity index (χ1n) is 9.85. The van der Waals surface area contributed by atoms with Crippen LogP contribution in [0.4, 0.5) is 23.1 Å². The van der Waals surface area contributed by atoms with Crippen LogP contribution in [-0.2, 0) is 11.2 Å². The number of aryl methyl sites for hydroxylation is 2. The molecule has 0 unspecified atom stereocenters. The van der Waals surface area contributed by atoms with Crippen molar-refractivity contribution < 1.29 is 4.79 Å². The highest BCUT2D eigenvalue weighted by molar-refractivity contribution is 5.84. The summed E-state index contributed by atoms with van der Waals surface area (Å²) in [6, 6.07) is 18.0. The van der Waals surface area contributed by atoms with Gasteiger partial charge in [0.05, 0.1) is 0 Å². The molecule has 0 saturated carbocycles. The summed E-state index contributed by atoms with van der Waals surface area (Å²) in [4.78, 5) is 23.7. The highest BCUT2D eigenvalue weighted by Gasteiger charge is 2.05. The Balaban J connectivity index is 1.46. The van der Waals surface area contributed by atoms with Crippen molar-refractivity contribution in [1.82, 2.24) is 20.3 Å². The van der Waals surface area contributed by atoms with Crippen LogP contribution < -0.4 is 16.0 Å². The largest absolute Gasteiger partial charge is 0.359 e. The molecule has 7 heteroatoms. The fourth-order valence-electron chi connectivity index (χ4n) is 3.31. The van der Waals surface area contributed by atoms with E-state index in [0.717, 1.165) is 33.5 Å². The van der Waals surface area contributed by atoms with Gasteiger partial charge in [0.1, 0.15) is 5.82 Å². The normalized spacial score (nSPS) is 10.7. The Labute approximate surface area is 175 Å². The van der Waals surface area contributed by atoms with Gasteiger partial charge in [-0.1, -0.05) is 12.1 Å². The van der Waals surface area contributed by atoms with Crippen molar-refractivity contribution in [3.63, 3.8) is 0 Å². The third-order valence-corrected chi connectivity index (χ3v) is 4.79. The third kappa shape index (κ3) is 4.75. The number of carbonyl (C=O) groups excluding carboxylic acids is 1. The Hall–Kier alpha value is -3.87. The van der Waals surface area contributed by atoms with E-state index in [2.05, 4.69) is 49.1 Å². The standard InChI is InChI=1S/C23H24N6O/c1-15-12-17-14-19(7-8-20(17)26-15)27-21-10-11-25-23(29-21)28-18-5-3-4-16(13-18)6-9-22(30)24-2/h3-5,7-8,10-14,26H,6,9H2,1-2H3,(H,24,30)(H2,25,27,28,29). The molecule has 2 aromatic heterocycles. The minimum atomic E-state index is 0.0310. The number of nitrogens with one attached hydrogen (secondary N) is 4. The van der Waals surface area contributed by atoms with E-state index in [1.54, 1.807) is 13.2 Å². The van der Waals surface area contributed by atoms with Crippen LogP contribution in [0.15, 0.2) is 60.8 Å². The van der Waals surface area contributed by atoms with E-state index in [9.17, 15) is 4.79 Å². The number of nitrogens with zero attached hydrogens (tertiary/aromatic N) is 2. The van der Waals surface area contributed by atoms with Crippen molar-refractivity contribution in [2.45, 2.75) is 19.8 Å². The number of fused-ring (bicyclic) bond motifs is 1. The number of hydrogen-bond acceptors (Lipinski definition) is 5. The molecule has 7 nitrogen and oxygen atoms in total. The van der Waals surface area contributed by atoms with E-state index in [1.165, 1.54) is 0 Å². The van der Waals surface area contributed by atoms with E-state index < -0.39 is 0 Å². The molecule has 1 amide bonds. The molecule has 30 heavy (non-hydrogen) atoms. The van der Waals surface area contributed by atoms with Crippen molar-refractivity contribution in [2.24, 2.45) is 0 Å². The molecule has 0 bridgehead atoms. The summed E-state index contributed by atoms with van der Waals surface area (Å²) in [5, 5.41) is 10.4. The fraction of sp³-hybridized carbons (Fsp3) is 0.174. The third-order valence-electron chi connectivity index (χ3n) is 4.79. The average Bonchev–Trinajstić information content (AvgIpc) is 3.12. The predicted octanol–water partition coefficient (Wildman–Crippen LogP) is 4.43. The summed E-state index contributed by atoms with van der Waals surface area (Å²) < 4.78 is 0. The molecule has 0 aliphatic heterocycles. The van der Waals surface area contributed by atoms with E-state index in [1.807, 2.05) is 43.3 Å². The van der Waals surface area contributed by atoms with Gasteiger partial charge in [0.25, 0.3) is 0 Å². The number of aromatic nitrogens is 3. The number of hydrogen-bond donors (Lipinski definition) is 4. The summed E-state index contributed by atoms with van der Waals surface area (Å²) in [6.07, 6.45) is 2.85. The summed E-state index contributed by atoms with van der Waals surface area (Å²) in [5.74, 6) is 1.24. The van der Waals surface area contributed by atoms with Crippen LogP contribution >= 0.6 is 0 Å². The summed E-state index contributed by atoms with van der Waals surface area (Å²) in [5.41, 5.74) is 5.16. The monoisotopic (exact) mass is 400 g/mol. The second-order valence-electron chi connectivity index (χ2n) is 7.14. The number of carbonyl (C=O) groups is 1. The molecule has 2 heterocycles. The van der Waals surface area contributed by atoms with Crippen LogP contribution in [0, 0.1) is 6.92 Å². The molecule has 4 N–H and O–H groups in total. The quantitative estimate of drug-likeness (QED) is 0.368. The molecule has 0 fully saturated rings. The van der Waals surface area contributed by atoms with Gasteiger partial charge in [-0.25, -0.2) is 4.98 Å². The SMILES string of the molecule is CNC(=O)CCc1cccc(Nc2nccc(Nc3ccc4[nH]c(C)cc4c3)n2)c1. The lowest BCUT2D eigenvalue weighted by Crippen LogP contribution is -2.17. The molecule has 4 aromatic rings. The average molecular weight is 400 g/mol. The summed E-state index contributed by atoms with van der Waals surface area (Å²) in [7, 11) is 1.65. The number of benzene rings is 2. The van der Waals surface area contributed by atoms with Crippen LogP contribution in [0.2, 0.25) is 0 Å². The lowest BCUT2D eigenvalue weighted by molar-refractivity contribution is -0.120. The smallest absolute Gasteiger partial charge is 0.229 e. The first kappa shape index (κ1) is 19.4. The fourth-order valence-corrected chi connectivity index (χ4v) is 3.31. The van der Waals surface area contributed by atoms with Crippen molar-refractivity contribution in [3.05, 3.63) is 72.1 Å². The van der Waals surface area contributed by atoms with Gasteiger partial charge in [0.15, 0.2) is 0 Å². The van der Waals surface area contributed by atoms with Gasteiger partial charge in [-0.3, -0.25) is 4.79 Å². The summed E-state index contributed by atoms with van der Waals surface area (Å²) >= 11 is 0. The van der Waals surface area contributed by atoms with Gasteiger partial charge in [-0.05, 0) is 61.4 Å². The molecule has 0 radical (unpaired) electrons. The maximum atomic E-state index is 11.5. The predicted molar refractivity (Wildman–Crippen MR) is 120 cm³/mol. The molecule has 0 spiro atoms. The van der Waals surface area contributed by atoms with Gasteiger partial charge in [0.2, 0.25) is 11.9 Å². The van der Waals surface area contributed by atoms with Crippen LogP contribution in [0.1, 0.15) is 17.7 Å².